The lowest BCUT2D eigenvalue weighted by atomic mass is 9.90. The second-order valence-corrected chi connectivity index (χ2v) is 6.87. The van der Waals surface area contributed by atoms with Crippen molar-refractivity contribution in [1.82, 2.24) is 4.98 Å². The zero-order valence-corrected chi connectivity index (χ0v) is 13.6. The van der Waals surface area contributed by atoms with Gasteiger partial charge in [-0.2, -0.15) is 0 Å². The van der Waals surface area contributed by atoms with Gasteiger partial charge in [-0.25, -0.2) is 4.98 Å². The van der Waals surface area contributed by atoms with Crippen molar-refractivity contribution in [2.45, 2.75) is 19.3 Å². The highest BCUT2D eigenvalue weighted by atomic mass is 32.1. The second-order valence-electron chi connectivity index (χ2n) is 6.05. The van der Waals surface area contributed by atoms with Crippen LogP contribution >= 0.6 is 11.3 Å². The number of carbonyl (C=O) groups excluding carboxylic acids is 1. The number of rotatable bonds is 3. The Kier molecular flexibility index (Phi) is 3.45. The fourth-order valence-electron chi connectivity index (χ4n) is 3.85. The first kappa shape index (κ1) is 14.5. The summed E-state index contributed by atoms with van der Waals surface area (Å²) in [5.41, 5.74) is 3.55. The highest BCUT2D eigenvalue weighted by Crippen LogP contribution is 2.52. The number of nitrogens with zero attached hydrogens (tertiary/aromatic N) is 1. The maximum atomic E-state index is 13.0. The van der Waals surface area contributed by atoms with Gasteiger partial charge in [0.1, 0.15) is 5.75 Å². The van der Waals surface area contributed by atoms with Crippen LogP contribution in [0.5, 0.6) is 10.9 Å². The van der Waals surface area contributed by atoms with Crippen LogP contribution in [0.3, 0.4) is 0 Å². The monoisotopic (exact) mass is 327 g/mol. The van der Waals surface area contributed by atoms with Crippen molar-refractivity contribution in [3.05, 3.63) is 40.9 Å². The smallest absolute Gasteiger partial charge is 0.273 e. The molecule has 2 aliphatic rings. The zero-order valence-electron chi connectivity index (χ0n) is 12.8. The molecule has 4 rings (SSSR count). The summed E-state index contributed by atoms with van der Waals surface area (Å²) >= 11 is 1.41. The Labute approximate surface area is 138 Å². The molecule has 1 N–H and O–H groups in total. The number of phenols is 1. The molecule has 1 fully saturated rings. The Morgan fingerprint density at radius 2 is 1.96 bits per heavy atom. The Morgan fingerprint density at radius 1 is 1.22 bits per heavy atom. The predicted molar refractivity (Wildman–Crippen MR) is 89.4 cm³/mol. The van der Waals surface area contributed by atoms with E-state index in [0.717, 1.165) is 36.0 Å². The lowest BCUT2D eigenvalue weighted by Gasteiger charge is -2.13. The van der Waals surface area contributed by atoms with E-state index in [2.05, 4.69) is 4.98 Å². The SMILES string of the molecule is COc1nc(C2=C(c3ccc(O)cc3)C3CCCC3C2=O)cs1. The topological polar surface area (TPSA) is 59.4 Å². The third kappa shape index (κ3) is 2.27. The number of phenolic OH excluding ortho intramolecular Hbond substituents is 1. The van der Waals surface area contributed by atoms with Crippen LogP contribution in [0.1, 0.15) is 30.5 Å². The number of aromatic hydroxyl groups is 1. The molecule has 1 saturated carbocycles. The summed E-state index contributed by atoms with van der Waals surface area (Å²) < 4.78 is 5.18. The number of hydrogen-bond acceptors (Lipinski definition) is 5. The van der Waals surface area contributed by atoms with Gasteiger partial charge in [-0.1, -0.05) is 29.9 Å². The maximum absolute atomic E-state index is 13.0. The normalized spacial score (nSPS) is 23.4. The third-order valence-electron chi connectivity index (χ3n) is 4.83. The van der Waals surface area contributed by atoms with Crippen LogP contribution in [0.2, 0.25) is 0 Å². The molecule has 1 aromatic heterocycles. The van der Waals surface area contributed by atoms with Gasteiger partial charge >= 0.3 is 0 Å². The number of methoxy groups -OCH3 is 1. The average Bonchev–Trinajstić information content (AvgIpc) is 3.25. The molecule has 1 heterocycles. The standard InChI is InChI=1S/C18H17NO3S/c1-22-18-19-14(9-23-18)16-15(10-5-7-11(20)8-6-10)12-3-2-4-13(12)17(16)21/h5-9,12-13,20H,2-4H2,1H3. The summed E-state index contributed by atoms with van der Waals surface area (Å²) in [5.74, 6) is 0.804. The van der Waals surface area contributed by atoms with Crippen molar-refractivity contribution < 1.29 is 14.6 Å². The Balaban J connectivity index is 1.89. The molecular weight excluding hydrogens is 310 g/mol. The molecule has 4 nitrogen and oxygen atoms in total. The molecule has 2 aliphatic carbocycles. The van der Waals surface area contributed by atoms with Gasteiger partial charge in [-0.15, -0.1) is 0 Å². The molecule has 5 heteroatoms. The van der Waals surface area contributed by atoms with Gasteiger partial charge in [0.15, 0.2) is 5.78 Å². The molecule has 23 heavy (non-hydrogen) atoms. The molecule has 0 bridgehead atoms. The molecule has 0 radical (unpaired) electrons. The van der Waals surface area contributed by atoms with Crippen molar-refractivity contribution in [1.29, 1.82) is 0 Å². The predicted octanol–water partition coefficient (Wildman–Crippen LogP) is 3.77. The number of fused-ring (bicyclic) bond motifs is 1. The highest BCUT2D eigenvalue weighted by Gasteiger charge is 2.45. The van der Waals surface area contributed by atoms with Gasteiger partial charge < -0.3 is 9.84 Å². The fraction of sp³-hybridized carbons (Fsp3) is 0.333. The van der Waals surface area contributed by atoms with Crippen LogP contribution in [0.4, 0.5) is 0 Å². The number of aromatic nitrogens is 1. The minimum Gasteiger partial charge on any atom is -0.508 e. The molecule has 0 saturated heterocycles. The van der Waals surface area contributed by atoms with E-state index in [1.807, 2.05) is 17.5 Å². The molecule has 0 aliphatic heterocycles. The molecule has 2 aromatic rings. The van der Waals surface area contributed by atoms with E-state index in [9.17, 15) is 9.90 Å². The quantitative estimate of drug-likeness (QED) is 0.932. The van der Waals surface area contributed by atoms with Crippen LogP contribution < -0.4 is 4.74 Å². The van der Waals surface area contributed by atoms with E-state index in [1.165, 1.54) is 11.3 Å². The summed E-state index contributed by atoms with van der Waals surface area (Å²) in [7, 11) is 1.59. The highest BCUT2D eigenvalue weighted by molar-refractivity contribution is 7.11. The van der Waals surface area contributed by atoms with E-state index in [0.29, 0.717) is 10.9 Å². The number of ketones is 1. The van der Waals surface area contributed by atoms with Crippen molar-refractivity contribution >= 4 is 28.3 Å². The first-order chi connectivity index (χ1) is 11.2. The summed E-state index contributed by atoms with van der Waals surface area (Å²) in [5, 5.41) is 12.0. The van der Waals surface area contributed by atoms with Crippen molar-refractivity contribution in [3.63, 3.8) is 0 Å². The van der Waals surface area contributed by atoms with Gasteiger partial charge in [-0.3, -0.25) is 4.79 Å². The minimum atomic E-state index is 0.0847. The summed E-state index contributed by atoms with van der Waals surface area (Å²) in [6.07, 6.45) is 3.09. The number of ether oxygens (including phenoxy) is 1. The molecule has 118 valence electrons. The summed E-state index contributed by atoms with van der Waals surface area (Å²) in [6, 6.07) is 7.13. The van der Waals surface area contributed by atoms with Gasteiger partial charge in [0.25, 0.3) is 5.19 Å². The van der Waals surface area contributed by atoms with Gasteiger partial charge in [0.2, 0.25) is 0 Å². The number of allylic oxidation sites excluding steroid dienone is 2. The van der Waals surface area contributed by atoms with Crippen molar-refractivity contribution in [2.75, 3.05) is 7.11 Å². The lowest BCUT2D eigenvalue weighted by Crippen LogP contribution is -2.11. The Hall–Kier alpha value is -2.14. The number of Topliss-reactive ketones (excluding diaryl/α,β-unsaturated/α-hetero) is 1. The largest absolute Gasteiger partial charge is 0.508 e. The van der Waals surface area contributed by atoms with Crippen LogP contribution in [0.25, 0.3) is 11.1 Å². The number of thiazole rings is 1. The van der Waals surface area contributed by atoms with Gasteiger partial charge in [0, 0.05) is 16.9 Å². The molecular formula is C18H17NO3S. The van der Waals surface area contributed by atoms with Crippen LogP contribution in [0, 0.1) is 11.8 Å². The second kappa shape index (κ2) is 5.49. The Morgan fingerprint density at radius 3 is 2.65 bits per heavy atom. The molecule has 0 spiro atoms. The van der Waals surface area contributed by atoms with Gasteiger partial charge in [0.05, 0.1) is 12.8 Å². The van der Waals surface area contributed by atoms with E-state index >= 15 is 0 Å². The lowest BCUT2D eigenvalue weighted by molar-refractivity contribution is -0.117. The molecule has 1 aromatic carbocycles. The van der Waals surface area contributed by atoms with E-state index < -0.39 is 0 Å². The van der Waals surface area contributed by atoms with E-state index in [1.54, 1.807) is 19.2 Å². The maximum Gasteiger partial charge on any atom is 0.273 e. The van der Waals surface area contributed by atoms with Crippen molar-refractivity contribution in [2.24, 2.45) is 11.8 Å². The van der Waals surface area contributed by atoms with Crippen LogP contribution in [0.15, 0.2) is 29.6 Å². The fourth-order valence-corrected chi connectivity index (χ4v) is 4.48. The minimum absolute atomic E-state index is 0.0847. The number of carbonyl (C=O) groups is 1. The van der Waals surface area contributed by atoms with Crippen LogP contribution in [-0.2, 0) is 4.79 Å². The van der Waals surface area contributed by atoms with Crippen molar-refractivity contribution in [3.8, 4) is 10.9 Å². The summed E-state index contributed by atoms with van der Waals surface area (Å²) in [4.78, 5) is 17.4. The molecule has 2 unspecified atom stereocenters. The Bertz CT molecular complexity index is 791. The zero-order chi connectivity index (χ0) is 16.0. The first-order valence-corrected chi connectivity index (χ1v) is 8.64. The number of hydrogen-bond donors (Lipinski definition) is 1. The summed E-state index contributed by atoms with van der Waals surface area (Å²) in [6.45, 7) is 0. The average molecular weight is 327 g/mol. The van der Waals surface area contributed by atoms with Gasteiger partial charge in [-0.05, 0) is 42.0 Å². The first-order valence-electron chi connectivity index (χ1n) is 7.76. The van der Waals surface area contributed by atoms with Crippen LogP contribution in [-0.4, -0.2) is 23.0 Å². The molecule has 0 amide bonds. The number of benzene rings is 1. The van der Waals surface area contributed by atoms with E-state index in [-0.39, 0.29) is 23.4 Å². The van der Waals surface area contributed by atoms with E-state index in [4.69, 9.17) is 4.74 Å². The third-order valence-corrected chi connectivity index (χ3v) is 5.63. The molecule has 2 atom stereocenters.